The van der Waals surface area contributed by atoms with Gasteiger partial charge in [0, 0.05) is 16.8 Å². The lowest BCUT2D eigenvalue weighted by molar-refractivity contribution is 0.588. The normalized spacial score (nSPS) is 23.0. The fourth-order valence-corrected chi connectivity index (χ4v) is 5.37. The van der Waals surface area contributed by atoms with E-state index in [0.29, 0.717) is 0 Å². The van der Waals surface area contributed by atoms with Crippen molar-refractivity contribution in [3.8, 4) is 0 Å². The van der Waals surface area contributed by atoms with E-state index in [4.69, 9.17) is 0 Å². The summed E-state index contributed by atoms with van der Waals surface area (Å²) in [5.41, 5.74) is 1.26. The van der Waals surface area contributed by atoms with Crippen molar-refractivity contribution < 1.29 is 4.57 Å². The predicted molar refractivity (Wildman–Crippen MR) is 68.3 cm³/mol. The number of aryl methyl sites for hydroxylation is 1. The van der Waals surface area contributed by atoms with Crippen LogP contribution in [0.4, 0.5) is 0 Å². The van der Waals surface area contributed by atoms with E-state index in [-0.39, 0.29) is 0 Å². The second-order valence-corrected chi connectivity index (χ2v) is 7.10. The second-order valence-electron chi connectivity index (χ2n) is 4.18. The first-order chi connectivity index (χ1) is 7.81. The average Bonchev–Trinajstić information content (AvgIpc) is 2.71. The minimum atomic E-state index is -2.31. The summed E-state index contributed by atoms with van der Waals surface area (Å²) in [5.74, 6) is 0. The first-order valence-electron chi connectivity index (χ1n) is 5.54. The molecule has 0 N–H and O–H groups in total. The number of hydrogen-bond acceptors (Lipinski definition) is 1. The van der Waals surface area contributed by atoms with Gasteiger partial charge in [-0.05, 0) is 12.0 Å². The minimum absolute atomic E-state index is 0.788. The summed E-state index contributed by atoms with van der Waals surface area (Å²) in [7, 11) is -2.31. The van der Waals surface area contributed by atoms with Crippen LogP contribution in [0.5, 0.6) is 0 Å². The molecule has 0 saturated heterocycles. The molecular weight excluding hydrogens is 215 g/mol. The maximum Gasteiger partial charge on any atom is 0.143 e. The van der Waals surface area contributed by atoms with Crippen LogP contribution in [-0.2, 0) is 11.0 Å². The third-order valence-corrected chi connectivity index (χ3v) is 6.45. The van der Waals surface area contributed by atoms with Crippen LogP contribution >= 0.6 is 7.14 Å². The molecule has 2 aromatic rings. The van der Waals surface area contributed by atoms with Gasteiger partial charge in [0.1, 0.15) is 7.14 Å². The van der Waals surface area contributed by atoms with Gasteiger partial charge in [-0.2, -0.15) is 0 Å². The number of fused-ring (bicyclic) bond motifs is 1. The van der Waals surface area contributed by atoms with Crippen molar-refractivity contribution in [3.63, 3.8) is 0 Å². The summed E-state index contributed by atoms with van der Waals surface area (Å²) in [5, 5.41) is 2.07. The summed E-state index contributed by atoms with van der Waals surface area (Å²) < 4.78 is 13.0. The first-order valence-corrected chi connectivity index (χ1v) is 7.43. The second kappa shape index (κ2) is 3.61. The van der Waals surface area contributed by atoms with Crippen LogP contribution in [0.2, 0.25) is 0 Å². The van der Waals surface area contributed by atoms with E-state index in [1.54, 1.807) is 0 Å². The molecule has 0 unspecified atom stereocenters. The van der Waals surface area contributed by atoms with E-state index in [1.165, 1.54) is 5.56 Å². The molecule has 1 aliphatic heterocycles. The quantitative estimate of drug-likeness (QED) is 0.685. The number of benzene rings is 2. The third kappa shape index (κ3) is 1.36. The van der Waals surface area contributed by atoms with Crippen molar-refractivity contribution >= 4 is 17.8 Å². The molecule has 0 spiro atoms. The topological polar surface area (TPSA) is 17.1 Å². The molecule has 80 valence electrons. The zero-order valence-electron chi connectivity index (χ0n) is 8.97. The van der Waals surface area contributed by atoms with E-state index < -0.39 is 7.14 Å². The van der Waals surface area contributed by atoms with Crippen LogP contribution in [-0.4, -0.2) is 6.16 Å². The molecule has 0 saturated carbocycles. The van der Waals surface area contributed by atoms with Crippen molar-refractivity contribution in [2.24, 2.45) is 0 Å². The molecule has 0 fully saturated rings. The van der Waals surface area contributed by atoms with Crippen molar-refractivity contribution in [1.82, 2.24) is 0 Å². The van der Waals surface area contributed by atoms with Crippen LogP contribution in [0.3, 0.4) is 0 Å². The summed E-state index contributed by atoms with van der Waals surface area (Å²) >= 11 is 0. The minimum Gasteiger partial charge on any atom is -0.314 e. The molecule has 1 aliphatic rings. The molecule has 1 atom stereocenters. The maximum absolute atomic E-state index is 13.0. The Bertz CT molecular complexity index is 560. The highest BCUT2D eigenvalue weighted by Gasteiger charge is 2.34. The Labute approximate surface area is 95.5 Å². The molecule has 1 nitrogen and oxygen atoms in total. The predicted octanol–water partition coefficient (Wildman–Crippen LogP) is 2.56. The van der Waals surface area contributed by atoms with E-state index in [9.17, 15) is 4.57 Å². The molecule has 0 aromatic heterocycles. The van der Waals surface area contributed by atoms with Gasteiger partial charge in [-0.3, -0.25) is 0 Å². The Morgan fingerprint density at radius 1 is 0.875 bits per heavy atom. The summed E-state index contributed by atoms with van der Waals surface area (Å²) in [6.45, 7) is 0. The molecular formula is C14H13OP. The monoisotopic (exact) mass is 228 g/mol. The molecule has 0 amide bonds. The Balaban J connectivity index is 2.20. The Hall–Kier alpha value is -1.33. The largest absolute Gasteiger partial charge is 0.314 e. The highest BCUT2D eigenvalue weighted by atomic mass is 31.2. The summed E-state index contributed by atoms with van der Waals surface area (Å²) in [6.07, 6.45) is 1.73. The Morgan fingerprint density at radius 3 is 2.38 bits per heavy atom. The fraction of sp³-hybridized carbons (Fsp3) is 0.143. The van der Waals surface area contributed by atoms with Crippen LogP contribution in [0.15, 0.2) is 54.6 Å². The zero-order chi connectivity index (χ0) is 11.0. The van der Waals surface area contributed by atoms with Gasteiger partial charge in [0.05, 0.1) is 0 Å². The molecule has 1 heterocycles. The standard InChI is InChI=1S/C14H13OP/c15-16(13-7-2-1-3-8-13)11-10-12-6-4-5-9-14(12)16/h1-9H,10-11H2/t16-/m1/s1. The molecule has 2 aromatic carbocycles. The summed E-state index contributed by atoms with van der Waals surface area (Å²) in [6, 6.07) is 18.0. The lowest BCUT2D eigenvalue weighted by Crippen LogP contribution is -2.14. The van der Waals surface area contributed by atoms with Crippen LogP contribution in [0.25, 0.3) is 0 Å². The highest BCUT2D eigenvalue weighted by Crippen LogP contribution is 2.48. The van der Waals surface area contributed by atoms with Gasteiger partial charge in [-0.1, -0.05) is 54.6 Å². The van der Waals surface area contributed by atoms with Gasteiger partial charge >= 0.3 is 0 Å². The Morgan fingerprint density at radius 2 is 1.56 bits per heavy atom. The van der Waals surface area contributed by atoms with Gasteiger partial charge in [0.15, 0.2) is 0 Å². The first kappa shape index (κ1) is 9.86. The fourth-order valence-electron chi connectivity index (χ4n) is 2.41. The van der Waals surface area contributed by atoms with Gasteiger partial charge in [-0.25, -0.2) is 0 Å². The van der Waals surface area contributed by atoms with Crippen molar-refractivity contribution in [2.75, 3.05) is 6.16 Å². The smallest absolute Gasteiger partial charge is 0.143 e. The molecule has 16 heavy (non-hydrogen) atoms. The van der Waals surface area contributed by atoms with E-state index in [2.05, 4.69) is 6.07 Å². The SMILES string of the molecule is O=[P@@]1(c2ccccc2)CCc2ccccc21. The molecule has 0 aliphatic carbocycles. The third-order valence-electron chi connectivity index (χ3n) is 3.25. The van der Waals surface area contributed by atoms with Gasteiger partial charge in [0.25, 0.3) is 0 Å². The van der Waals surface area contributed by atoms with Crippen LogP contribution < -0.4 is 10.6 Å². The van der Waals surface area contributed by atoms with Crippen LogP contribution in [0, 0.1) is 0 Å². The highest BCUT2D eigenvalue weighted by molar-refractivity contribution is 7.79. The molecule has 0 radical (unpaired) electrons. The van der Waals surface area contributed by atoms with Crippen molar-refractivity contribution in [2.45, 2.75) is 6.42 Å². The Kier molecular flexibility index (Phi) is 2.22. The maximum atomic E-state index is 13.0. The number of rotatable bonds is 1. The van der Waals surface area contributed by atoms with Gasteiger partial charge in [0.2, 0.25) is 0 Å². The summed E-state index contributed by atoms with van der Waals surface area (Å²) in [4.78, 5) is 0. The zero-order valence-corrected chi connectivity index (χ0v) is 9.86. The lowest BCUT2D eigenvalue weighted by Gasteiger charge is -2.13. The van der Waals surface area contributed by atoms with Gasteiger partial charge < -0.3 is 4.57 Å². The van der Waals surface area contributed by atoms with E-state index in [0.717, 1.165) is 23.2 Å². The lowest BCUT2D eigenvalue weighted by atomic mass is 10.2. The average molecular weight is 228 g/mol. The number of hydrogen-bond donors (Lipinski definition) is 0. The van der Waals surface area contributed by atoms with E-state index in [1.807, 2.05) is 48.5 Å². The van der Waals surface area contributed by atoms with Crippen molar-refractivity contribution in [1.29, 1.82) is 0 Å². The van der Waals surface area contributed by atoms with Crippen molar-refractivity contribution in [3.05, 3.63) is 60.2 Å². The molecule has 3 rings (SSSR count). The van der Waals surface area contributed by atoms with Gasteiger partial charge in [-0.15, -0.1) is 0 Å². The van der Waals surface area contributed by atoms with E-state index >= 15 is 0 Å². The molecule has 0 bridgehead atoms. The van der Waals surface area contributed by atoms with Crippen LogP contribution in [0.1, 0.15) is 5.56 Å². The molecule has 2 heteroatoms.